The molecule has 3 N–H and O–H groups in total. The third kappa shape index (κ3) is 4.21. The quantitative estimate of drug-likeness (QED) is 0.892. The number of furan rings is 1. The lowest BCUT2D eigenvalue weighted by Gasteiger charge is -2.29. The zero-order valence-electron chi connectivity index (χ0n) is 14.1. The van der Waals surface area contributed by atoms with Gasteiger partial charge in [0.05, 0.1) is 18.7 Å². The van der Waals surface area contributed by atoms with Crippen LogP contribution in [0.5, 0.6) is 0 Å². The Labute approximate surface area is 147 Å². The number of carbonyl (C=O) groups is 2. The van der Waals surface area contributed by atoms with Crippen molar-refractivity contribution in [1.82, 2.24) is 4.90 Å². The van der Waals surface area contributed by atoms with Gasteiger partial charge in [-0.1, -0.05) is 31.0 Å². The van der Waals surface area contributed by atoms with Gasteiger partial charge in [0, 0.05) is 12.2 Å². The van der Waals surface area contributed by atoms with Crippen LogP contribution in [-0.2, 0) is 11.2 Å². The van der Waals surface area contributed by atoms with E-state index in [1.807, 2.05) is 29.2 Å². The number of nitrogens with zero attached hydrogens (tertiary/aromatic N) is 1. The van der Waals surface area contributed by atoms with Crippen LogP contribution in [0.2, 0.25) is 0 Å². The van der Waals surface area contributed by atoms with E-state index in [9.17, 15) is 9.59 Å². The average molecular weight is 341 g/mol. The Morgan fingerprint density at radius 3 is 2.76 bits per heavy atom. The third-order valence-electron chi connectivity index (χ3n) is 4.51. The van der Waals surface area contributed by atoms with Crippen molar-refractivity contribution in [2.24, 2.45) is 5.73 Å². The summed E-state index contributed by atoms with van der Waals surface area (Å²) in [7, 11) is 0. The largest absolute Gasteiger partial charge is 0.467 e. The molecule has 0 radical (unpaired) electrons. The number of primary amides is 1. The number of anilines is 1. The van der Waals surface area contributed by atoms with Crippen LogP contribution in [0.1, 0.15) is 43.0 Å². The molecule has 1 aliphatic heterocycles. The summed E-state index contributed by atoms with van der Waals surface area (Å²) in [6, 6.07) is 10.7. The number of hydrogen-bond acceptors (Lipinski definition) is 3. The van der Waals surface area contributed by atoms with E-state index in [0.29, 0.717) is 17.8 Å². The van der Waals surface area contributed by atoms with E-state index in [2.05, 4.69) is 5.32 Å². The third-order valence-corrected chi connectivity index (χ3v) is 4.51. The van der Waals surface area contributed by atoms with Gasteiger partial charge in [0.15, 0.2) is 0 Å². The molecule has 132 valence electrons. The molecule has 0 bridgehead atoms. The van der Waals surface area contributed by atoms with Crippen molar-refractivity contribution in [3.63, 3.8) is 0 Å². The maximum atomic E-state index is 12.9. The summed E-state index contributed by atoms with van der Waals surface area (Å²) < 4.78 is 5.55. The van der Waals surface area contributed by atoms with E-state index in [-0.39, 0.29) is 18.5 Å². The lowest BCUT2D eigenvalue weighted by atomic mass is 10.1. The van der Waals surface area contributed by atoms with Crippen LogP contribution in [0.3, 0.4) is 0 Å². The normalized spacial score (nSPS) is 17.8. The first-order valence-corrected chi connectivity index (χ1v) is 8.62. The molecule has 1 aromatic heterocycles. The molecule has 3 rings (SSSR count). The van der Waals surface area contributed by atoms with Crippen LogP contribution in [0, 0.1) is 0 Å². The smallest absolute Gasteiger partial charge is 0.322 e. The molecule has 0 aliphatic carbocycles. The molecule has 0 saturated carbocycles. The fourth-order valence-electron chi connectivity index (χ4n) is 3.30. The summed E-state index contributed by atoms with van der Waals surface area (Å²) in [6.07, 6.45) is 5.74. The number of nitrogens with one attached hydrogen (secondary N) is 1. The number of amides is 3. The molecule has 6 heteroatoms. The molecule has 3 amide bonds. The first-order valence-electron chi connectivity index (χ1n) is 8.62. The van der Waals surface area contributed by atoms with E-state index in [1.165, 1.54) is 0 Å². The fourth-order valence-corrected chi connectivity index (χ4v) is 3.30. The predicted octanol–water partition coefficient (Wildman–Crippen LogP) is 3.46. The minimum atomic E-state index is -0.426. The molecule has 1 aromatic carbocycles. The Kier molecular flexibility index (Phi) is 5.38. The van der Waals surface area contributed by atoms with Crippen molar-refractivity contribution < 1.29 is 14.0 Å². The van der Waals surface area contributed by atoms with Crippen molar-refractivity contribution >= 4 is 17.6 Å². The van der Waals surface area contributed by atoms with E-state index < -0.39 is 5.91 Å². The van der Waals surface area contributed by atoms with Crippen LogP contribution in [-0.4, -0.2) is 23.4 Å². The number of para-hydroxylation sites is 1. The summed E-state index contributed by atoms with van der Waals surface area (Å²) >= 11 is 0. The zero-order chi connectivity index (χ0) is 17.6. The highest BCUT2D eigenvalue weighted by Crippen LogP contribution is 2.31. The first-order chi connectivity index (χ1) is 12.1. The Hall–Kier alpha value is -2.76. The molecule has 1 atom stereocenters. The Morgan fingerprint density at radius 2 is 2.00 bits per heavy atom. The molecule has 1 saturated heterocycles. The summed E-state index contributed by atoms with van der Waals surface area (Å²) in [4.78, 5) is 26.0. The highest BCUT2D eigenvalue weighted by Gasteiger charge is 2.29. The Morgan fingerprint density at radius 1 is 1.16 bits per heavy atom. The first kappa shape index (κ1) is 17.1. The molecule has 6 nitrogen and oxygen atoms in total. The number of carbonyl (C=O) groups excluding carboxylic acids is 2. The fraction of sp³-hybridized carbons (Fsp3) is 0.368. The molecule has 1 aliphatic rings. The van der Waals surface area contributed by atoms with Crippen LogP contribution >= 0.6 is 0 Å². The van der Waals surface area contributed by atoms with Gasteiger partial charge in [-0.3, -0.25) is 4.79 Å². The number of likely N-dealkylation sites (tertiary alicyclic amines) is 1. The van der Waals surface area contributed by atoms with Crippen molar-refractivity contribution in [2.45, 2.75) is 38.1 Å². The highest BCUT2D eigenvalue weighted by atomic mass is 16.3. The van der Waals surface area contributed by atoms with Crippen LogP contribution in [0.15, 0.2) is 47.1 Å². The highest BCUT2D eigenvalue weighted by molar-refractivity contribution is 5.91. The van der Waals surface area contributed by atoms with Crippen molar-refractivity contribution in [1.29, 1.82) is 0 Å². The molecular formula is C19H23N3O3. The zero-order valence-corrected chi connectivity index (χ0v) is 14.1. The summed E-state index contributed by atoms with van der Waals surface area (Å²) in [5.41, 5.74) is 6.63. The van der Waals surface area contributed by atoms with E-state index in [1.54, 1.807) is 18.4 Å². The van der Waals surface area contributed by atoms with Gasteiger partial charge in [0.2, 0.25) is 5.91 Å². The number of benzene rings is 1. The standard InChI is InChI=1S/C19H23N3O3/c20-18(23)13-14-7-3-4-8-15(14)21-19(24)22-11-5-1-2-9-16(22)17-10-6-12-25-17/h3-4,6-8,10,12,16H,1-2,5,9,11,13H2,(H2,20,23)(H,21,24). The minimum absolute atomic E-state index is 0.0687. The molecule has 2 aromatic rings. The van der Waals surface area contributed by atoms with Crippen molar-refractivity contribution in [3.05, 3.63) is 54.0 Å². The topological polar surface area (TPSA) is 88.6 Å². The van der Waals surface area contributed by atoms with E-state index in [4.69, 9.17) is 10.2 Å². The number of urea groups is 1. The van der Waals surface area contributed by atoms with Gasteiger partial charge in [-0.2, -0.15) is 0 Å². The molecular weight excluding hydrogens is 318 g/mol. The molecule has 1 fully saturated rings. The van der Waals surface area contributed by atoms with Gasteiger partial charge in [0.25, 0.3) is 0 Å². The average Bonchev–Trinajstić information content (AvgIpc) is 3.00. The predicted molar refractivity (Wildman–Crippen MR) is 95.0 cm³/mol. The summed E-state index contributed by atoms with van der Waals surface area (Å²) in [5, 5.41) is 2.94. The Bertz CT molecular complexity index is 727. The molecule has 0 spiro atoms. The SMILES string of the molecule is NC(=O)Cc1ccccc1NC(=O)N1CCCCCC1c1ccco1. The lowest BCUT2D eigenvalue weighted by Crippen LogP contribution is -2.38. The molecule has 2 heterocycles. The van der Waals surface area contributed by atoms with Gasteiger partial charge in [0.1, 0.15) is 5.76 Å². The van der Waals surface area contributed by atoms with Crippen LogP contribution < -0.4 is 11.1 Å². The van der Waals surface area contributed by atoms with Crippen molar-refractivity contribution in [3.8, 4) is 0 Å². The number of rotatable bonds is 4. The van der Waals surface area contributed by atoms with Crippen LogP contribution in [0.4, 0.5) is 10.5 Å². The van der Waals surface area contributed by atoms with Gasteiger partial charge in [-0.15, -0.1) is 0 Å². The van der Waals surface area contributed by atoms with Crippen molar-refractivity contribution in [2.75, 3.05) is 11.9 Å². The van der Waals surface area contributed by atoms with E-state index >= 15 is 0 Å². The second kappa shape index (κ2) is 7.88. The monoisotopic (exact) mass is 341 g/mol. The lowest BCUT2D eigenvalue weighted by molar-refractivity contribution is -0.117. The molecule has 1 unspecified atom stereocenters. The second-order valence-electron chi connectivity index (χ2n) is 6.30. The number of nitrogens with two attached hydrogens (primary N) is 1. The van der Waals surface area contributed by atoms with Crippen LogP contribution in [0.25, 0.3) is 0 Å². The second-order valence-corrected chi connectivity index (χ2v) is 6.30. The van der Waals surface area contributed by atoms with E-state index in [0.717, 1.165) is 31.4 Å². The number of hydrogen-bond donors (Lipinski definition) is 2. The maximum Gasteiger partial charge on any atom is 0.322 e. The summed E-state index contributed by atoms with van der Waals surface area (Å²) in [6.45, 7) is 0.676. The summed E-state index contributed by atoms with van der Waals surface area (Å²) in [5.74, 6) is 0.382. The van der Waals surface area contributed by atoms with Gasteiger partial charge in [-0.05, 0) is 36.6 Å². The van der Waals surface area contributed by atoms with Gasteiger partial charge < -0.3 is 20.4 Å². The minimum Gasteiger partial charge on any atom is -0.467 e. The maximum absolute atomic E-state index is 12.9. The molecule has 25 heavy (non-hydrogen) atoms. The Balaban J connectivity index is 1.80. The van der Waals surface area contributed by atoms with Gasteiger partial charge in [-0.25, -0.2) is 4.79 Å². The van der Waals surface area contributed by atoms with Gasteiger partial charge >= 0.3 is 6.03 Å².